The van der Waals surface area contributed by atoms with Crippen molar-refractivity contribution in [2.24, 2.45) is 0 Å². The first-order valence-electron chi connectivity index (χ1n) is 12.9. The maximum atomic E-state index is 13.0. The molecule has 35 heavy (non-hydrogen) atoms. The molecule has 1 atom stereocenters. The molecule has 9 heteroatoms. The number of anilines is 3. The minimum absolute atomic E-state index is 0.140. The molecule has 0 radical (unpaired) electrons. The maximum Gasteiger partial charge on any atom is 0.246 e. The summed E-state index contributed by atoms with van der Waals surface area (Å²) in [5, 5.41) is 6.41. The summed E-state index contributed by atoms with van der Waals surface area (Å²) < 4.78 is 11.3. The van der Waals surface area contributed by atoms with Gasteiger partial charge in [-0.3, -0.25) is 9.69 Å². The summed E-state index contributed by atoms with van der Waals surface area (Å²) in [5.74, 6) is 2.47. The Labute approximate surface area is 206 Å². The van der Waals surface area contributed by atoms with Gasteiger partial charge in [-0.25, -0.2) is 4.98 Å². The smallest absolute Gasteiger partial charge is 0.246 e. The van der Waals surface area contributed by atoms with E-state index in [9.17, 15) is 4.79 Å². The van der Waals surface area contributed by atoms with Crippen molar-refractivity contribution in [2.45, 2.75) is 50.1 Å². The van der Waals surface area contributed by atoms with E-state index in [1.54, 1.807) is 0 Å². The molecule has 9 nitrogen and oxygen atoms in total. The fourth-order valence-corrected chi connectivity index (χ4v) is 6.02. The van der Waals surface area contributed by atoms with Crippen molar-refractivity contribution >= 4 is 23.4 Å². The number of hydrogen-bond acceptors (Lipinski definition) is 8. The van der Waals surface area contributed by atoms with Crippen LogP contribution in [0, 0.1) is 0 Å². The Morgan fingerprint density at radius 1 is 1.17 bits per heavy atom. The van der Waals surface area contributed by atoms with E-state index in [1.807, 2.05) is 30.5 Å². The normalized spacial score (nSPS) is 24.7. The van der Waals surface area contributed by atoms with Gasteiger partial charge in [0.05, 0.1) is 13.2 Å². The van der Waals surface area contributed by atoms with E-state index in [1.165, 1.54) is 12.8 Å². The molecule has 3 fully saturated rings. The lowest BCUT2D eigenvalue weighted by molar-refractivity contribution is -0.123. The topological polar surface area (TPSA) is 91.8 Å². The molecular formula is C26H34N6O3. The SMILES string of the molecule is O=C1NCC[C@@]12Cc1cnc(Nc3ccc(OCCN4CCOCC4)cc3)nc1N2C1CCCC1. The minimum atomic E-state index is -0.495. The van der Waals surface area contributed by atoms with E-state index in [-0.39, 0.29) is 5.91 Å². The fraction of sp³-hybridized carbons (Fsp3) is 0.577. The standard InChI is InChI=1S/C26H34N6O3/c33-24-26(9-10-27-24)17-19-18-28-25(30-23(19)32(26)21-3-1-2-4-21)29-20-5-7-22(8-6-20)35-16-13-31-11-14-34-15-12-31/h5-8,18,21H,1-4,9-17H2,(H,27,33)(H,28,29,30)/t26-/m1/s1. The van der Waals surface area contributed by atoms with Crippen LogP contribution in [0.3, 0.4) is 0 Å². The predicted octanol–water partition coefficient (Wildman–Crippen LogP) is 2.50. The van der Waals surface area contributed by atoms with E-state index in [0.29, 0.717) is 25.0 Å². The second-order valence-electron chi connectivity index (χ2n) is 10.0. The molecule has 2 N–H and O–H groups in total. The first-order valence-corrected chi connectivity index (χ1v) is 12.9. The van der Waals surface area contributed by atoms with Crippen molar-refractivity contribution < 1.29 is 14.3 Å². The van der Waals surface area contributed by atoms with Gasteiger partial charge in [-0.1, -0.05) is 12.8 Å². The summed E-state index contributed by atoms with van der Waals surface area (Å²) in [6.45, 7) is 5.84. The molecule has 2 saturated heterocycles. The zero-order chi connectivity index (χ0) is 23.7. The molecular weight excluding hydrogens is 444 g/mol. The van der Waals surface area contributed by atoms with Gasteiger partial charge in [0, 0.05) is 56.1 Å². The van der Waals surface area contributed by atoms with Gasteiger partial charge in [-0.15, -0.1) is 0 Å². The van der Waals surface area contributed by atoms with E-state index in [4.69, 9.17) is 14.5 Å². The Morgan fingerprint density at radius 3 is 2.71 bits per heavy atom. The van der Waals surface area contributed by atoms with Gasteiger partial charge in [0.15, 0.2) is 0 Å². The Balaban J connectivity index is 1.13. The average Bonchev–Trinajstić information content (AvgIpc) is 3.60. The van der Waals surface area contributed by atoms with Gasteiger partial charge in [0.1, 0.15) is 23.7 Å². The Hall–Kier alpha value is -2.91. The number of benzene rings is 1. The summed E-state index contributed by atoms with van der Waals surface area (Å²) in [5.41, 5.74) is 1.48. The third kappa shape index (κ3) is 4.43. The molecule has 1 saturated carbocycles. The molecule has 0 unspecified atom stereocenters. The maximum absolute atomic E-state index is 13.0. The lowest BCUT2D eigenvalue weighted by Crippen LogP contribution is -2.56. The molecule has 6 rings (SSSR count). The van der Waals surface area contributed by atoms with Crippen molar-refractivity contribution in [3.8, 4) is 5.75 Å². The number of nitrogens with one attached hydrogen (secondary N) is 2. The lowest BCUT2D eigenvalue weighted by atomic mass is 9.91. The van der Waals surface area contributed by atoms with Crippen LogP contribution in [0.1, 0.15) is 37.7 Å². The Bertz CT molecular complexity index is 1050. The molecule has 186 valence electrons. The second kappa shape index (κ2) is 9.62. The van der Waals surface area contributed by atoms with Crippen LogP contribution >= 0.6 is 0 Å². The zero-order valence-electron chi connectivity index (χ0n) is 20.2. The average molecular weight is 479 g/mol. The van der Waals surface area contributed by atoms with Gasteiger partial charge in [0.2, 0.25) is 11.9 Å². The Kier molecular flexibility index (Phi) is 6.20. The lowest BCUT2D eigenvalue weighted by Gasteiger charge is -2.38. The third-order valence-corrected chi connectivity index (χ3v) is 7.84. The monoisotopic (exact) mass is 478 g/mol. The van der Waals surface area contributed by atoms with Crippen LogP contribution in [0.5, 0.6) is 5.75 Å². The molecule has 4 heterocycles. The molecule has 1 amide bonds. The van der Waals surface area contributed by atoms with Crippen molar-refractivity contribution in [1.82, 2.24) is 20.2 Å². The molecule has 3 aliphatic heterocycles. The van der Waals surface area contributed by atoms with Gasteiger partial charge in [-0.2, -0.15) is 4.98 Å². The number of aromatic nitrogens is 2. The number of hydrogen-bond donors (Lipinski definition) is 2. The highest BCUT2D eigenvalue weighted by Gasteiger charge is 2.55. The first-order chi connectivity index (χ1) is 17.2. The molecule has 1 aliphatic carbocycles. The predicted molar refractivity (Wildman–Crippen MR) is 133 cm³/mol. The molecule has 1 spiro atoms. The zero-order valence-corrected chi connectivity index (χ0v) is 20.2. The highest BCUT2D eigenvalue weighted by Crippen LogP contribution is 2.46. The number of fused-ring (bicyclic) bond motifs is 1. The molecule has 1 aromatic heterocycles. The van der Waals surface area contributed by atoms with E-state index < -0.39 is 5.54 Å². The van der Waals surface area contributed by atoms with Gasteiger partial charge in [-0.05, 0) is 43.5 Å². The van der Waals surface area contributed by atoms with Crippen LogP contribution in [-0.4, -0.2) is 78.4 Å². The van der Waals surface area contributed by atoms with Crippen LogP contribution in [0.15, 0.2) is 30.5 Å². The quantitative estimate of drug-likeness (QED) is 0.627. The van der Waals surface area contributed by atoms with Crippen LogP contribution in [-0.2, 0) is 16.0 Å². The number of nitrogens with zero attached hydrogens (tertiary/aromatic N) is 4. The van der Waals surface area contributed by atoms with E-state index >= 15 is 0 Å². The fourth-order valence-electron chi connectivity index (χ4n) is 6.02. The summed E-state index contributed by atoms with van der Waals surface area (Å²) in [6, 6.07) is 8.29. The number of carbonyl (C=O) groups is 1. The summed E-state index contributed by atoms with van der Waals surface area (Å²) in [4.78, 5) is 27.2. The Morgan fingerprint density at radius 2 is 1.97 bits per heavy atom. The van der Waals surface area contributed by atoms with Crippen LogP contribution in [0.2, 0.25) is 0 Å². The highest BCUT2D eigenvalue weighted by atomic mass is 16.5. The summed E-state index contributed by atoms with van der Waals surface area (Å²) >= 11 is 0. The third-order valence-electron chi connectivity index (χ3n) is 7.84. The highest BCUT2D eigenvalue weighted by molar-refractivity contribution is 5.94. The van der Waals surface area contributed by atoms with Crippen molar-refractivity contribution in [2.75, 3.05) is 56.2 Å². The molecule has 1 aromatic carbocycles. The van der Waals surface area contributed by atoms with Crippen molar-refractivity contribution in [1.29, 1.82) is 0 Å². The molecule has 2 aromatic rings. The van der Waals surface area contributed by atoms with Crippen LogP contribution < -0.4 is 20.3 Å². The van der Waals surface area contributed by atoms with Crippen molar-refractivity contribution in [3.63, 3.8) is 0 Å². The number of morpholine rings is 1. The largest absolute Gasteiger partial charge is 0.492 e. The summed E-state index contributed by atoms with van der Waals surface area (Å²) in [7, 11) is 0. The minimum Gasteiger partial charge on any atom is -0.492 e. The number of amides is 1. The molecule has 0 bridgehead atoms. The van der Waals surface area contributed by atoms with Gasteiger partial charge >= 0.3 is 0 Å². The number of carbonyl (C=O) groups excluding carboxylic acids is 1. The number of ether oxygens (including phenoxy) is 2. The van der Waals surface area contributed by atoms with Gasteiger partial charge in [0.25, 0.3) is 0 Å². The van der Waals surface area contributed by atoms with Gasteiger partial charge < -0.3 is 25.0 Å². The summed E-state index contributed by atoms with van der Waals surface area (Å²) in [6.07, 6.45) is 8.09. The second-order valence-corrected chi connectivity index (χ2v) is 10.0. The molecule has 4 aliphatic rings. The number of rotatable bonds is 7. The van der Waals surface area contributed by atoms with E-state index in [2.05, 4.69) is 25.4 Å². The van der Waals surface area contributed by atoms with Crippen LogP contribution in [0.25, 0.3) is 0 Å². The van der Waals surface area contributed by atoms with Crippen molar-refractivity contribution in [3.05, 3.63) is 36.0 Å². The van der Waals surface area contributed by atoms with Crippen LogP contribution in [0.4, 0.5) is 17.5 Å². The van der Waals surface area contributed by atoms with E-state index in [0.717, 1.165) is 81.5 Å². The first kappa shape index (κ1) is 22.5.